The second-order valence-corrected chi connectivity index (χ2v) is 4.28. The minimum Gasteiger partial charge on any atom is -0.367 e. The molecule has 1 aromatic heterocycles. The molecule has 0 spiro atoms. The molecular weight excluding hydrogens is 260 g/mol. The molecule has 0 aliphatic heterocycles. The normalized spacial score (nSPS) is 10.6. The van der Waals surface area contributed by atoms with Gasteiger partial charge in [0.15, 0.2) is 5.82 Å². The van der Waals surface area contributed by atoms with Gasteiger partial charge in [-0.3, -0.25) is 10.1 Å². The maximum Gasteiger partial charge on any atom is 0.293 e. The van der Waals surface area contributed by atoms with Gasteiger partial charge in [-0.2, -0.15) is 4.98 Å². The van der Waals surface area contributed by atoms with Gasteiger partial charge in [0.25, 0.3) is 11.6 Å². The van der Waals surface area contributed by atoms with E-state index in [1.54, 1.807) is 19.1 Å². The molecule has 0 atom stereocenters. The van der Waals surface area contributed by atoms with Crippen LogP contribution in [-0.4, -0.2) is 28.2 Å². The van der Waals surface area contributed by atoms with Crippen molar-refractivity contribution < 1.29 is 9.45 Å². The lowest BCUT2D eigenvalue weighted by Gasteiger charge is -2.20. The van der Waals surface area contributed by atoms with Crippen LogP contribution in [0.4, 0.5) is 11.4 Å². The van der Waals surface area contributed by atoms with Gasteiger partial charge in [0.05, 0.1) is 4.92 Å². The van der Waals surface area contributed by atoms with Crippen molar-refractivity contribution in [1.29, 1.82) is 0 Å². The van der Waals surface area contributed by atoms with Crippen molar-refractivity contribution in [3.8, 4) is 11.5 Å². The van der Waals surface area contributed by atoms with Crippen LogP contribution < -0.4 is 4.90 Å². The van der Waals surface area contributed by atoms with E-state index in [1.807, 2.05) is 18.7 Å². The number of aryl methyl sites for hydroxylation is 1. The monoisotopic (exact) mass is 276 g/mol. The van der Waals surface area contributed by atoms with Crippen molar-refractivity contribution >= 4 is 11.4 Å². The van der Waals surface area contributed by atoms with Gasteiger partial charge in [-0.1, -0.05) is 5.16 Å². The fourth-order valence-corrected chi connectivity index (χ4v) is 2.05. The summed E-state index contributed by atoms with van der Waals surface area (Å²) in [7, 11) is 0. The lowest BCUT2D eigenvalue weighted by atomic mass is 10.1. The quantitative estimate of drug-likeness (QED) is 0.616. The third-order valence-corrected chi connectivity index (χ3v) is 3.05. The van der Waals surface area contributed by atoms with Crippen LogP contribution in [-0.2, 0) is 0 Å². The Morgan fingerprint density at radius 1 is 1.35 bits per heavy atom. The Bertz CT molecular complexity index is 620. The van der Waals surface area contributed by atoms with E-state index < -0.39 is 0 Å². The Balaban J connectivity index is 2.50. The SMILES string of the molecule is CCN(CC)c1ccc(-c2nc(C)no2)cc1[N+](=O)[O-]. The van der Waals surface area contributed by atoms with Gasteiger partial charge in [-0.05, 0) is 32.9 Å². The Hall–Kier alpha value is -2.44. The van der Waals surface area contributed by atoms with Crippen molar-refractivity contribution in [3.63, 3.8) is 0 Å². The number of nitrogens with zero attached hydrogens (tertiary/aromatic N) is 4. The molecule has 7 nitrogen and oxygen atoms in total. The highest BCUT2D eigenvalue weighted by atomic mass is 16.6. The summed E-state index contributed by atoms with van der Waals surface area (Å²) < 4.78 is 5.04. The first kappa shape index (κ1) is 14.0. The second kappa shape index (κ2) is 5.68. The Kier molecular flexibility index (Phi) is 3.97. The van der Waals surface area contributed by atoms with Crippen LogP contribution in [0, 0.1) is 17.0 Å². The molecule has 1 aromatic carbocycles. The van der Waals surface area contributed by atoms with Gasteiger partial charge in [-0.15, -0.1) is 0 Å². The molecular formula is C13H16N4O3. The van der Waals surface area contributed by atoms with Crippen LogP contribution in [0.15, 0.2) is 22.7 Å². The second-order valence-electron chi connectivity index (χ2n) is 4.28. The first-order chi connectivity index (χ1) is 9.56. The maximum atomic E-state index is 11.3. The van der Waals surface area contributed by atoms with E-state index in [9.17, 15) is 10.1 Å². The van der Waals surface area contributed by atoms with Crippen molar-refractivity contribution in [2.45, 2.75) is 20.8 Å². The molecule has 0 fully saturated rings. The van der Waals surface area contributed by atoms with Crippen LogP contribution in [0.5, 0.6) is 0 Å². The number of hydrogen-bond donors (Lipinski definition) is 0. The molecule has 0 aliphatic carbocycles. The summed E-state index contributed by atoms with van der Waals surface area (Å²) in [5, 5.41) is 15.0. The lowest BCUT2D eigenvalue weighted by molar-refractivity contribution is -0.384. The molecule has 106 valence electrons. The average Bonchev–Trinajstić information content (AvgIpc) is 2.87. The third kappa shape index (κ3) is 2.61. The Labute approximate surface area is 116 Å². The van der Waals surface area contributed by atoms with E-state index >= 15 is 0 Å². The van der Waals surface area contributed by atoms with Crippen LogP contribution in [0.2, 0.25) is 0 Å². The number of rotatable bonds is 5. The fraction of sp³-hybridized carbons (Fsp3) is 0.385. The van der Waals surface area contributed by atoms with E-state index in [0.29, 0.717) is 30.2 Å². The molecule has 20 heavy (non-hydrogen) atoms. The molecule has 0 bridgehead atoms. The number of anilines is 1. The first-order valence-corrected chi connectivity index (χ1v) is 6.40. The molecule has 1 heterocycles. The maximum absolute atomic E-state index is 11.3. The van der Waals surface area contributed by atoms with Crippen LogP contribution >= 0.6 is 0 Å². The van der Waals surface area contributed by atoms with Crippen LogP contribution in [0.25, 0.3) is 11.5 Å². The van der Waals surface area contributed by atoms with Crippen molar-refractivity contribution in [3.05, 3.63) is 34.1 Å². The molecule has 0 saturated heterocycles. The number of nitro benzene ring substituents is 1. The summed E-state index contributed by atoms with van der Waals surface area (Å²) >= 11 is 0. The van der Waals surface area contributed by atoms with E-state index in [4.69, 9.17) is 4.52 Å². The molecule has 0 saturated carbocycles. The summed E-state index contributed by atoms with van der Waals surface area (Å²) in [6, 6.07) is 4.95. The molecule has 7 heteroatoms. The third-order valence-electron chi connectivity index (χ3n) is 3.05. The first-order valence-electron chi connectivity index (χ1n) is 6.40. The van der Waals surface area contributed by atoms with Gasteiger partial charge in [0.1, 0.15) is 5.69 Å². The van der Waals surface area contributed by atoms with Gasteiger partial charge in [-0.25, -0.2) is 0 Å². The Morgan fingerprint density at radius 2 is 2.05 bits per heavy atom. The summed E-state index contributed by atoms with van der Waals surface area (Å²) in [6.45, 7) is 7.03. The summed E-state index contributed by atoms with van der Waals surface area (Å²) in [5.74, 6) is 0.784. The molecule has 0 radical (unpaired) electrons. The number of benzene rings is 1. The molecule has 2 aromatic rings. The number of hydrogen-bond acceptors (Lipinski definition) is 6. The van der Waals surface area contributed by atoms with E-state index in [2.05, 4.69) is 10.1 Å². The zero-order valence-electron chi connectivity index (χ0n) is 11.7. The number of nitro groups is 1. The Morgan fingerprint density at radius 3 is 2.55 bits per heavy atom. The smallest absolute Gasteiger partial charge is 0.293 e. The highest BCUT2D eigenvalue weighted by Crippen LogP contribution is 2.32. The van der Waals surface area contributed by atoms with Gasteiger partial charge < -0.3 is 9.42 Å². The summed E-state index contributed by atoms with van der Waals surface area (Å²) in [4.78, 5) is 16.9. The number of aromatic nitrogens is 2. The minimum absolute atomic E-state index is 0.0436. The summed E-state index contributed by atoms with van der Waals surface area (Å²) in [6.07, 6.45) is 0. The minimum atomic E-state index is -0.389. The van der Waals surface area contributed by atoms with Crippen LogP contribution in [0.1, 0.15) is 19.7 Å². The molecule has 0 aliphatic rings. The standard InChI is InChI=1S/C13H16N4O3/c1-4-16(5-2)11-7-6-10(8-12(11)17(18)19)13-14-9(3)15-20-13/h6-8H,4-5H2,1-3H3. The molecule has 0 amide bonds. The molecule has 2 rings (SSSR count). The van der Waals surface area contributed by atoms with E-state index in [1.165, 1.54) is 6.07 Å². The zero-order chi connectivity index (χ0) is 14.7. The van der Waals surface area contributed by atoms with Crippen molar-refractivity contribution in [2.75, 3.05) is 18.0 Å². The average molecular weight is 276 g/mol. The largest absolute Gasteiger partial charge is 0.367 e. The van der Waals surface area contributed by atoms with Crippen molar-refractivity contribution in [2.24, 2.45) is 0 Å². The molecule has 0 N–H and O–H groups in total. The molecule has 0 unspecified atom stereocenters. The van der Waals surface area contributed by atoms with Gasteiger partial charge in [0.2, 0.25) is 0 Å². The highest BCUT2D eigenvalue weighted by Gasteiger charge is 2.20. The van der Waals surface area contributed by atoms with E-state index in [0.717, 1.165) is 0 Å². The van der Waals surface area contributed by atoms with Crippen LogP contribution in [0.3, 0.4) is 0 Å². The highest BCUT2D eigenvalue weighted by molar-refractivity contribution is 5.70. The summed E-state index contributed by atoms with van der Waals surface area (Å²) in [5.41, 5.74) is 1.19. The lowest BCUT2D eigenvalue weighted by Crippen LogP contribution is -2.22. The van der Waals surface area contributed by atoms with Gasteiger partial charge in [0, 0.05) is 24.7 Å². The fourth-order valence-electron chi connectivity index (χ4n) is 2.05. The zero-order valence-corrected chi connectivity index (χ0v) is 11.7. The predicted molar refractivity (Wildman–Crippen MR) is 74.7 cm³/mol. The van der Waals surface area contributed by atoms with E-state index in [-0.39, 0.29) is 16.5 Å². The predicted octanol–water partition coefficient (Wildman–Crippen LogP) is 2.80. The topological polar surface area (TPSA) is 85.3 Å². The van der Waals surface area contributed by atoms with Crippen molar-refractivity contribution in [1.82, 2.24) is 10.1 Å². The van der Waals surface area contributed by atoms with Gasteiger partial charge >= 0.3 is 0 Å².